The van der Waals surface area contributed by atoms with Gasteiger partial charge >= 0.3 is 0 Å². The molecule has 142 valence electrons. The van der Waals surface area contributed by atoms with Crippen LogP contribution in [-0.2, 0) is 11.2 Å². The minimum Gasteiger partial charge on any atom is -0.357 e. The number of guanidine groups is 1. The molecule has 1 saturated heterocycles. The maximum absolute atomic E-state index is 12.1. The second-order valence-corrected chi connectivity index (χ2v) is 6.75. The topological polar surface area (TPSA) is 69.6 Å². The second kappa shape index (κ2) is 9.71. The first kappa shape index (κ1) is 18.9. The SMILES string of the molecule is CCNC(=NCC(=O)Nc1cccnc1)N1CCC(Cc2ccccc2)C1. The fourth-order valence-corrected chi connectivity index (χ4v) is 3.35. The summed E-state index contributed by atoms with van der Waals surface area (Å²) in [6.45, 7) is 4.85. The van der Waals surface area contributed by atoms with E-state index in [1.54, 1.807) is 18.5 Å². The fourth-order valence-electron chi connectivity index (χ4n) is 3.35. The Morgan fingerprint density at radius 2 is 2.11 bits per heavy atom. The zero-order valence-electron chi connectivity index (χ0n) is 15.8. The van der Waals surface area contributed by atoms with E-state index in [9.17, 15) is 4.79 Å². The predicted molar refractivity (Wildman–Crippen MR) is 109 cm³/mol. The smallest absolute Gasteiger partial charge is 0.246 e. The van der Waals surface area contributed by atoms with E-state index in [0.717, 1.165) is 38.4 Å². The summed E-state index contributed by atoms with van der Waals surface area (Å²) in [5.74, 6) is 1.29. The lowest BCUT2D eigenvalue weighted by atomic mass is 9.99. The van der Waals surface area contributed by atoms with Crippen LogP contribution in [0.2, 0.25) is 0 Å². The number of rotatable bonds is 6. The van der Waals surface area contributed by atoms with Crippen LogP contribution in [0.1, 0.15) is 18.9 Å². The molecule has 0 aliphatic carbocycles. The highest BCUT2D eigenvalue weighted by Crippen LogP contribution is 2.20. The Hall–Kier alpha value is -2.89. The second-order valence-electron chi connectivity index (χ2n) is 6.75. The van der Waals surface area contributed by atoms with Gasteiger partial charge in [-0.2, -0.15) is 0 Å². The molecule has 1 aliphatic heterocycles. The van der Waals surface area contributed by atoms with E-state index in [1.807, 2.05) is 13.0 Å². The van der Waals surface area contributed by atoms with Gasteiger partial charge in [-0.1, -0.05) is 30.3 Å². The van der Waals surface area contributed by atoms with Gasteiger partial charge in [0, 0.05) is 25.8 Å². The van der Waals surface area contributed by atoms with Crippen molar-refractivity contribution in [1.82, 2.24) is 15.2 Å². The van der Waals surface area contributed by atoms with Gasteiger partial charge in [-0.05, 0) is 43.4 Å². The number of pyridine rings is 1. The number of likely N-dealkylation sites (tertiary alicyclic amines) is 1. The lowest BCUT2D eigenvalue weighted by Gasteiger charge is -2.21. The number of benzene rings is 1. The van der Waals surface area contributed by atoms with Gasteiger partial charge in [0.1, 0.15) is 6.54 Å². The van der Waals surface area contributed by atoms with Gasteiger partial charge in [-0.15, -0.1) is 0 Å². The minimum atomic E-state index is -0.140. The molecule has 0 saturated carbocycles. The van der Waals surface area contributed by atoms with Gasteiger partial charge in [0.05, 0.1) is 11.9 Å². The average Bonchev–Trinajstić information content (AvgIpc) is 3.15. The van der Waals surface area contributed by atoms with Crippen molar-refractivity contribution in [3.05, 3.63) is 60.4 Å². The summed E-state index contributed by atoms with van der Waals surface area (Å²) in [5.41, 5.74) is 2.06. The molecule has 1 aliphatic rings. The molecule has 2 aromatic rings. The molecule has 27 heavy (non-hydrogen) atoms. The third kappa shape index (κ3) is 5.81. The summed E-state index contributed by atoms with van der Waals surface area (Å²) in [4.78, 5) is 22.9. The van der Waals surface area contributed by atoms with Crippen molar-refractivity contribution in [3.63, 3.8) is 0 Å². The molecule has 0 radical (unpaired) electrons. The predicted octanol–water partition coefficient (Wildman–Crippen LogP) is 2.55. The largest absolute Gasteiger partial charge is 0.357 e. The monoisotopic (exact) mass is 365 g/mol. The van der Waals surface area contributed by atoms with Crippen molar-refractivity contribution < 1.29 is 4.79 Å². The van der Waals surface area contributed by atoms with Crippen LogP contribution < -0.4 is 10.6 Å². The summed E-state index contributed by atoms with van der Waals surface area (Å²) in [7, 11) is 0. The van der Waals surface area contributed by atoms with Crippen LogP contribution >= 0.6 is 0 Å². The van der Waals surface area contributed by atoms with Gasteiger partial charge in [0.25, 0.3) is 0 Å². The zero-order valence-corrected chi connectivity index (χ0v) is 15.8. The summed E-state index contributed by atoms with van der Waals surface area (Å²) in [6.07, 6.45) is 5.53. The number of anilines is 1. The van der Waals surface area contributed by atoms with E-state index in [4.69, 9.17) is 0 Å². The molecule has 6 heteroatoms. The Labute approximate surface area is 160 Å². The van der Waals surface area contributed by atoms with Gasteiger partial charge in [0.15, 0.2) is 5.96 Å². The lowest BCUT2D eigenvalue weighted by molar-refractivity contribution is -0.114. The Bertz CT molecular complexity index is 748. The van der Waals surface area contributed by atoms with E-state index in [2.05, 4.69) is 55.8 Å². The first-order chi connectivity index (χ1) is 13.2. The molecule has 2 N–H and O–H groups in total. The van der Waals surface area contributed by atoms with Crippen molar-refractivity contribution in [1.29, 1.82) is 0 Å². The van der Waals surface area contributed by atoms with E-state index in [1.165, 1.54) is 5.56 Å². The van der Waals surface area contributed by atoms with E-state index in [0.29, 0.717) is 11.6 Å². The van der Waals surface area contributed by atoms with Crippen molar-refractivity contribution in [2.45, 2.75) is 19.8 Å². The molecule has 1 aromatic carbocycles. The fraction of sp³-hybridized carbons (Fsp3) is 0.381. The van der Waals surface area contributed by atoms with Crippen LogP contribution in [-0.4, -0.2) is 47.9 Å². The third-order valence-corrected chi connectivity index (χ3v) is 4.61. The molecule has 1 aromatic heterocycles. The normalized spacial score (nSPS) is 17.0. The van der Waals surface area contributed by atoms with Crippen LogP contribution in [0.25, 0.3) is 0 Å². The average molecular weight is 365 g/mol. The first-order valence-electron chi connectivity index (χ1n) is 9.51. The number of carbonyl (C=O) groups excluding carboxylic acids is 1. The summed E-state index contributed by atoms with van der Waals surface area (Å²) < 4.78 is 0. The van der Waals surface area contributed by atoms with Crippen LogP contribution in [0, 0.1) is 5.92 Å². The van der Waals surface area contributed by atoms with Crippen molar-refractivity contribution in [3.8, 4) is 0 Å². The van der Waals surface area contributed by atoms with Crippen molar-refractivity contribution >= 4 is 17.6 Å². The molecule has 0 bridgehead atoms. The molecule has 3 rings (SSSR count). The molecule has 1 amide bonds. The summed E-state index contributed by atoms with van der Waals surface area (Å²) in [5, 5.41) is 6.13. The molecule has 1 fully saturated rings. The van der Waals surface area contributed by atoms with Crippen LogP contribution in [0.15, 0.2) is 59.9 Å². The lowest BCUT2D eigenvalue weighted by Crippen LogP contribution is -2.40. The number of aliphatic imine (C=N–C) groups is 1. The summed E-state index contributed by atoms with van der Waals surface area (Å²) in [6, 6.07) is 14.2. The number of hydrogen-bond acceptors (Lipinski definition) is 3. The van der Waals surface area contributed by atoms with Gasteiger partial charge in [-0.3, -0.25) is 9.78 Å². The van der Waals surface area contributed by atoms with E-state index in [-0.39, 0.29) is 12.5 Å². The molecule has 0 spiro atoms. The molecule has 6 nitrogen and oxygen atoms in total. The maximum Gasteiger partial charge on any atom is 0.246 e. The Morgan fingerprint density at radius 1 is 1.26 bits per heavy atom. The van der Waals surface area contributed by atoms with Gasteiger partial charge in [0.2, 0.25) is 5.91 Å². The van der Waals surface area contributed by atoms with E-state index >= 15 is 0 Å². The molecular weight excluding hydrogens is 338 g/mol. The van der Waals surface area contributed by atoms with E-state index < -0.39 is 0 Å². The molecule has 1 atom stereocenters. The van der Waals surface area contributed by atoms with Crippen LogP contribution in [0.5, 0.6) is 0 Å². The van der Waals surface area contributed by atoms with Gasteiger partial charge < -0.3 is 15.5 Å². The standard InChI is InChI=1S/C21H27N5O/c1-2-23-21(24-15-20(27)25-19-9-6-11-22-14-19)26-12-10-18(16-26)13-17-7-4-3-5-8-17/h3-9,11,14,18H,2,10,12-13,15-16H2,1H3,(H,23,24)(H,25,27). The molecular formula is C21H27N5O. The highest BCUT2D eigenvalue weighted by molar-refractivity contribution is 5.93. The molecule has 1 unspecified atom stereocenters. The van der Waals surface area contributed by atoms with Gasteiger partial charge in [-0.25, -0.2) is 4.99 Å². The first-order valence-corrected chi connectivity index (χ1v) is 9.51. The number of nitrogens with one attached hydrogen (secondary N) is 2. The van der Waals surface area contributed by atoms with Crippen LogP contribution in [0.3, 0.4) is 0 Å². The number of carbonyl (C=O) groups is 1. The quantitative estimate of drug-likeness (QED) is 0.610. The number of hydrogen-bond donors (Lipinski definition) is 2. The Morgan fingerprint density at radius 3 is 2.85 bits per heavy atom. The van der Waals surface area contributed by atoms with Crippen molar-refractivity contribution in [2.75, 3.05) is 31.5 Å². The summed E-state index contributed by atoms with van der Waals surface area (Å²) >= 11 is 0. The number of amides is 1. The number of aromatic nitrogens is 1. The molecule has 2 heterocycles. The highest BCUT2D eigenvalue weighted by Gasteiger charge is 2.25. The van der Waals surface area contributed by atoms with Crippen LogP contribution in [0.4, 0.5) is 5.69 Å². The maximum atomic E-state index is 12.1. The Kier molecular flexibility index (Phi) is 6.79. The Balaban J connectivity index is 1.55. The zero-order chi connectivity index (χ0) is 18.9. The highest BCUT2D eigenvalue weighted by atomic mass is 16.1. The van der Waals surface area contributed by atoms with Crippen molar-refractivity contribution in [2.24, 2.45) is 10.9 Å². The number of nitrogens with zero attached hydrogens (tertiary/aromatic N) is 3. The minimum absolute atomic E-state index is 0.0943. The third-order valence-electron chi connectivity index (χ3n) is 4.61.